The summed E-state index contributed by atoms with van der Waals surface area (Å²) in [5, 5.41) is 1.17. The number of likely N-dealkylation sites (tertiary alicyclic amines) is 1. The summed E-state index contributed by atoms with van der Waals surface area (Å²) in [6.07, 6.45) is 4.83. The Kier molecular flexibility index (Phi) is 5.65. The van der Waals surface area contributed by atoms with E-state index in [1.54, 1.807) is 13.2 Å². The normalized spacial score (nSPS) is 16.7. The zero-order valence-corrected chi connectivity index (χ0v) is 16.7. The van der Waals surface area contributed by atoms with E-state index in [0.29, 0.717) is 30.7 Å². The molecular formula is C24H26N2O3. The molecule has 0 spiro atoms. The SMILES string of the molecule is COc1cccc(C(=O)[C@H]2CCCN(C(=O)CCc3c[nH]c4ccccc34)C2)c1. The number of hydrogen-bond donors (Lipinski definition) is 1. The van der Waals surface area contributed by atoms with Gasteiger partial charge in [0.05, 0.1) is 7.11 Å². The second kappa shape index (κ2) is 8.52. The monoisotopic (exact) mass is 390 g/mol. The molecule has 0 aliphatic carbocycles. The smallest absolute Gasteiger partial charge is 0.222 e. The number of Topliss-reactive ketones (excluding diaryl/α,β-unsaturated/α-hetero) is 1. The average molecular weight is 390 g/mol. The Hall–Kier alpha value is -3.08. The van der Waals surface area contributed by atoms with E-state index < -0.39 is 0 Å². The van der Waals surface area contributed by atoms with Crippen molar-refractivity contribution < 1.29 is 14.3 Å². The zero-order valence-electron chi connectivity index (χ0n) is 16.7. The number of ketones is 1. The number of ether oxygens (including phenoxy) is 1. The Bertz CT molecular complexity index is 1020. The number of nitrogens with one attached hydrogen (secondary N) is 1. The average Bonchev–Trinajstić information content (AvgIpc) is 3.20. The van der Waals surface area contributed by atoms with Gasteiger partial charge in [-0.05, 0) is 43.0 Å². The van der Waals surface area contributed by atoms with E-state index in [0.717, 1.165) is 30.5 Å². The number of amides is 1. The number of aryl methyl sites for hydroxylation is 1. The summed E-state index contributed by atoms with van der Waals surface area (Å²) in [4.78, 5) is 30.9. The molecule has 2 heterocycles. The third-order valence-electron chi connectivity index (χ3n) is 5.78. The van der Waals surface area contributed by atoms with Gasteiger partial charge in [-0.15, -0.1) is 0 Å². The van der Waals surface area contributed by atoms with E-state index in [4.69, 9.17) is 4.74 Å². The first-order valence-electron chi connectivity index (χ1n) is 10.2. The molecule has 1 N–H and O–H groups in total. The van der Waals surface area contributed by atoms with E-state index in [2.05, 4.69) is 11.1 Å². The van der Waals surface area contributed by atoms with Crippen molar-refractivity contribution in [3.63, 3.8) is 0 Å². The molecule has 0 bridgehead atoms. The summed E-state index contributed by atoms with van der Waals surface area (Å²) in [5.41, 5.74) is 2.91. The lowest BCUT2D eigenvalue weighted by molar-refractivity contribution is -0.132. The number of carbonyl (C=O) groups is 2. The predicted octanol–water partition coefficient (Wildman–Crippen LogP) is 4.23. The number of aromatic amines is 1. The molecule has 4 rings (SSSR count). The summed E-state index contributed by atoms with van der Waals surface area (Å²) in [5.74, 6) is 0.752. The lowest BCUT2D eigenvalue weighted by Gasteiger charge is -2.32. The van der Waals surface area contributed by atoms with Crippen LogP contribution in [0.2, 0.25) is 0 Å². The van der Waals surface area contributed by atoms with Crippen LogP contribution in [-0.2, 0) is 11.2 Å². The maximum Gasteiger partial charge on any atom is 0.222 e. The molecule has 0 saturated carbocycles. The molecular weight excluding hydrogens is 364 g/mol. The number of rotatable bonds is 6. The van der Waals surface area contributed by atoms with Crippen LogP contribution in [0.3, 0.4) is 0 Å². The van der Waals surface area contributed by atoms with Gasteiger partial charge in [0.25, 0.3) is 0 Å². The number of aromatic nitrogens is 1. The highest BCUT2D eigenvalue weighted by Crippen LogP contribution is 2.24. The predicted molar refractivity (Wildman–Crippen MR) is 113 cm³/mol. The fourth-order valence-corrected chi connectivity index (χ4v) is 4.17. The van der Waals surface area contributed by atoms with Crippen molar-refractivity contribution in [2.24, 2.45) is 5.92 Å². The summed E-state index contributed by atoms with van der Waals surface area (Å²) in [6.45, 7) is 1.23. The molecule has 1 fully saturated rings. The maximum absolute atomic E-state index is 12.9. The van der Waals surface area contributed by atoms with Crippen LogP contribution in [0.4, 0.5) is 0 Å². The Balaban J connectivity index is 1.38. The van der Waals surface area contributed by atoms with Crippen LogP contribution < -0.4 is 4.74 Å². The highest BCUT2D eigenvalue weighted by atomic mass is 16.5. The fraction of sp³-hybridized carbons (Fsp3) is 0.333. The second-order valence-corrected chi connectivity index (χ2v) is 7.63. The van der Waals surface area contributed by atoms with Gasteiger partial charge in [-0.1, -0.05) is 30.3 Å². The highest BCUT2D eigenvalue weighted by molar-refractivity contribution is 5.98. The van der Waals surface area contributed by atoms with E-state index >= 15 is 0 Å². The van der Waals surface area contributed by atoms with Crippen LogP contribution in [-0.4, -0.2) is 41.8 Å². The maximum atomic E-state index is 12.9. The molecule has 5 nitrogen and oxygen atoms in total. The molecule has 1 aliphatic rings. The number of carbonyl (C=O) groups excluding carboxylic acids is 2. The van der Waals surface area contributed by atoms with Gasteiger partial charge < -0.3 is 14.6 Å². The Morgan fingerprint density at radius 1 is 1.17 bits per heavy atom. The minimum absolute atomic E-state index is 0.0954. The van der Waals surface area contributed by atoms with E-state index in [-0.39, 0.29) is 17.6 Å². The molecule has 0 radical (unpaired) electrons. The number of methoxy groups -OCH3 is 1. The van der Waals surface area contributed by atoms with E-state index in [1.165, 1.54) is 5.39 Å². The van der Waals surface area contributed by atoms with Crippen molar-refractivity contribution >= 4 is 22.6 Å². The first kappa shape index (κ1) is 19.2. The van der Waals surface area contributed by atoms with Gasteiger partial charge >= 0.3 is 0 Å². The van der Waals surface area contributed by atoms with Gasteiger partial charge in [0, 0.05) is 48.1 Å². The number of benzene rings is 2. The molecule has 1 amide bonds. The first-order valence-corrected chi connectivity index (χ1v) is 10.2. The molecule has 1 aliphatic heterocycles. The molecule has 1 atom stereocenters. The quantitative estimate of drug-likeness (QED) is 0.641. The minimum atomic E-state index is -0.145. The van der Waals surface area contributed by atoms with E-state index in [1.807, 2.05) is 47.5 Å². The van der Waals surface area contributed by atoms with Crippen LogP contribution >= 0.6 is 0 Å². The fourth-order valence-electron chi connectivity index (χ4n) is 4.17. The molecule has 1 aromatic heterocycles. The van der Waals surface area contributed by atoms with Crippen LogP contribution in [0.1, 0.15) is 35.2 Å². The lowest BCUT2D eigenvalue weighted by Crippen LogP contribution is -2.42. The first-order chi connectivity index (χ1) is 14.2. The Labute approximate surface area is 170 Å². The van der Waals surface area contributed by atoms with Gasteiger partial charge in [-0.25, -0.2) is 0 Å². The van der Waals surface area contributed by atoms with Crippen LogP contribution in [0, 0.1) is 5.92 Å². The standard InChI is InChI=1S/C24H26N2O3/c1-29-20-8-4-6-17(14-20)24(28)19-7-5-13-26(16-19)23(27)12-11-18-15-25-22-10-3-2-9-21(18)22/h2-4,6,8-10,14-15,19,25H,5,7,11-13,16H2,1H3/t19-/m0/s1. The number of hydrogen-bond acceptors (Lipinski definition) is 3. The highest BCUT2D eigenvalue weighted by Gasteiger charge is 2.29. The van der Waals surface area contributed by atoms with Crippen LogP contribution in [0.5, 0.6) is 5.75 Å². The topological polar surface area (TPSA) is 62.4 Å². The van der Waals surface area contributed by atoms with Crippen molar-refractivity contribution in [2.45, 2.75) is 25.7 Å². The number of nitrogens with zero attached hydrogens (tertiary/aromatic N) is 1. The Morgan fingerprint density at radius 2 is 2.03 bits per heavy atom. The number of fused-ring (bicyclic) bond motifs is 1. The molecule has 1 saturated heterocycles. The van der Waals surface area contributed by atoms with Gasteiger partial charge in [-0.3, -0.25) is 9.59 Å². The van der Waals surface area contributed by atoms with Crippen molar-refractivity contribution in [3.8, 4) is 5.75 Å². The summed E-state index contributed by atoms with van der Waals surface area (Å²) < 4.78 is 5.23. The van der Waals surface area contributed by atoms with Crippen LogP contribution in [0.25, 0.3) is 10.9 Å². The third kappa shape index (κ3) is 4.19. The van der Waals surface area contributed by atoms with Gasteiger partial charge in [-0.2, -0.15) is 0 Å². The molecule has 29 heavy (non-hydrogen) atoms. The largest absolute Gasteiger partial charge is 0.497 e. The third-order valence-corrected chi connectivity index (χ3v) is 5.78. The molecule has 5 heteroatoms. The summed E-state index contributed by atoms with van der Waals surface area (Å²) >= 11 is 0. The summed E-state index contributed by atoms with van der Waals surface area (Å²) in [6, 6.07) is 15.4. The van der Waals surface area contributed by atoms with Gasteiger partial charge in [0.15, 0.2) is 5.78 Å². The van der Waals surface area contributed by atoms with Crippen molar-refractivity contribution in [1.29, 1.82) is 0 Å². The molecule has 150 valence electrons. The molecule has 2 aromatic carbocycles. The minimum Gasteiger partial charge on any atom is -0.497 e. The van der Waals surface area contributed by atoms with Crippen molar-refractivity contribution in [1.82, 2.24) is 9.88 Å². The van der Waals surface area contributed by atoms with Gasteiger partial charge in [0.2, 0.25) is 5.91 Å². The lowest BCUT2D eigenvalue weighted by atomic mass is 9.89. The van der Waals surface area contributed by atoms with Crippen LogP contribution in [0.15, 0.2) is 54.7 Å². The Morgan fingerprint density at radius 3 is 2.90 bits per heavy atom. The summed E-state index contributed by atoms with van der Waals surface area (Å²) in [7, 11) is 1.60. The van der Waals surface area contributed by atoms with E-state index in [9.17, 15) is 9.59 Å². The number of para-hydroxylation sites is 1. The molecule has 3 aromatic rings. The molecule has 0 unspecified atom stereocenters. The van der Waals surface area contributed by atoms with Crippen molar-refractivity contribution in [2.75, 3.05) is 20.2 Å². The second-order valence-electron chi connectivity index (χ2n) is 7.63. The zero-order chi connectivity index (χ0) is 20.2. The number of H-pyrrole nitrogens is 1. The van der Waals surface area contributed by atoms with Gasteiger partial charge in [0.1, 0.15) is 5.75 Å². The van der Waals surface area contributed by atoms with Crippen molar-refractivity contribution in [3.05, 3.63) is 65.9 Å². The number of piperidine rings is 1.